The van der Waals surface area contributed by atoms with Gasteiger partial charge < -0.3 is 5.11 Å². The highest BCUT2D eigenvalue weighted by molar-refractivity contribution is 5.21. The summed E-state index contributed by atoms with van der Waals surface area (Å²) in [6.45, 7) is 9.52. The van der Waals surface area contributed by atoms with Crippen LogP contribution in [-0.2, 0) is 0 Å². The van der Waals surface area contributed by atoms with Crippen LogP contribution in [0.1, 0.15) is 71.6 Å². The summed E-state index contributed by atoms with van der Waals surface area (Å²) in [6.07, 6.45) is 11.6. The summed E-state index contributed by atoms with van der Waals surface area (Å²) in [5, 5.41) is 10.1. The lowest BCUT2D eigenvalue weighted by Gasteiger charge is -2.60. The second-order valence-corrected chi connectivity index (χ2v) is 9.18. The molecule has 118 valence electrons. The summed E-state index contributed by atoms with van der Waals surface area (Å²) < 4.78 is 0. The highest BCUT2D eigenvalue weighted by atomic mass is 16.3. The second kappa shape index (κ2) is 4.60. The molecule has 0 aromatic heterocycles. The number of fused-ring (bicyclic) bond motifs is 5. The van der Waals surface area contributed by atoms with Gasteiger partial charge in [-0.2, -0.15) is 0 Å². The zero-order valence-corrected chi connectivity index (χ0v) is 13.9. The minimum Gasteiger partial charge on any atom is -0.393 e. The molecule has 4 fully saturated rings. The average Bonchev–Trinajstić information content (AvgIpc) is 2.76. The van der Waals surface area contributed by atoms with Crippen LogP contribution in [0.4, 0.5) is 0 Å². The number of rotatable bonds is 0. The Morgan fingerprint density at radius 2 is 1.81 bits per heavy atom. The first kappa shape index (κ1) is 14.3. The van der Waals surface area contributed by atoms with E-state index in [4.69, 9.17) is 0 Å². The molecule has 0 saturated heterocycles. The van der Waals surface area contributed by atoms with E-state index < -0.39 is 0 Å². The molecule has 4 rings (SSSR count). The molecule has 0 amide bonds. The molecule has 4 aliphatic carbocycles. The van der Waals surface area contributed by atoms with Gasteiger partial charge in [0.2, 0.25) is 0 Å². The van der Waals surface area contributed by atoms with Gasteiger partial charge in [0.1, 0.15) is 0 Å². The lowest BCUT2D eigenvalue weighted by molar-refractivity contribution is -0.116. The molecule has 0 radical (unpaired) electrons. The van der Waals surface area contributed by atoms with Crippen LogP contribution in [0.2, 0.25) is 0 Å². The standard InChI is InChI=1S/C20H32O/c1-13-4-7-17-16-6-5-14-12-15(21)8-10-20(14,3)18(16)9-11-19(13,17)2/h14-18,21H,1,4-12H2,2-3H3/t14-,15-,16-,17-,18-,19+,20-/m0/s1. The highest BCUT2D eigenvalue weighted by Gasteiger charge is 2.58. The van der Waals surface area contributed by atoms with Gasteiger partial charge in [-0.15, -0.1) is 0 Å². The maximum Gasteiger partial charge on any atom is 0.0543 e. The molecule has 1 heteroatoms. The first-order valence-corrected chi connectivity index (χ1v) is 9.31. The Labute approximate surface area is 130 Å². The van der Waals surface area contributed by atoms with Gasteiger partial charge in [0.25, 0.3) is 0 Å². The summed E-state index contributed by atoms with van der Waals surface area (Å²) in [6, 6.07) is 0. The molecule has 0 aromatic rings. The molecule has 0 heterocycles. The van der Waals surface area contributed by atoms with Crippen molar-refractivity contribution in [3.63, 3.8) is 0 Å². The van der Waals surface area contributed by atoms with E-state index in [0.717, 1.165) is 36.5 Å². The number of aliphatic hydroxyl groups is 1. The Balaban J connectivity index is 1.64. The minimum atomic E-state index is -0.0141. The van der Waals surface area contributed by atoms with Crippen molar-refractivity contribution in [1.82, 2.24) is 0 Å². The Hall–Kier alpha value is -0.300. The fraction of sp³-hybridized carbons (Fsp3) is 0.900. The molecule has 0 bridgehead atoms. The first-order chi connectivity index (χ1) is 9.95. The lowest BCUT2D eigenvalue weighted by Crippen LogP contribution is -2.53. The van der Waals surface area contributed by atoms with Crippen LogP contribution in [0, 0.1) is 34.5 Å². The predicted molar refractivity (Wildman–Crippen MR) is 86.9 cm³/mol. The van der Waals surface area contributed by atoms with Crippen molar-refractivity contribution in [2.24, 2.45) is 34.5 Å². The lowest BCUT2D eigenvalue weighted by atomic mass is 9.45. The summed E-state index contributed by atoms with van der Waals surface area (Å²) in [5.41, 5.74) is 2.53. The van der Waals surface area contributed by atoms with E-state index in [1.165, 1.54) is 44.9 Å². The Morgan fingerprint density at radius 1 is 1.00 bits per heavy atom. The van der Waals surface area contributed by atoms with E-state index in [1.807, 2.05) is 0 Å². The molecular weight excluding hydrogens is 256 g/mol. The molecule has 0 unspecified atom stereocenters. The van der Waals surface area contributed by atoms with E-state index >= 15 is 0 Å². The van der Waals surface area contributed by atoms with E-state index in [9.17, 15) is 5.11 Å². The van der Waals surface area contributed by atoms with Crippen LogP contribution in [-0.4, -0.2) is 11.2 Å². The summed E-state index contributed by atoms with van der Waals surface area (Å²) >= 11 is 0. The van der Waals surface area contributed by atoms with E-state index in [2.05, 4.69) is 20.4 Å². The second-order valence-electron chi connectivity index (χ2n) is 9.18. The molecule has 4 saturated carbocycles. The van der Waals surface area contributed by atoms with Crippen LogP contribution in [0.15, 0.2) is 12.2 Å². The third kappa shape index (κ3) is 1.85. The molecule has 0 spiro atoms. The molecule has 1 nitrogen and oxygen atoms in total. The van der Waals surface area contributed by atoms with Crippen LogP contribution in [0.25, 0.3) is 0 Å². The number of aliphatic hydroxyl groups excluding tert-OH is 1. The normalized spacial score (nSPS) is 56.5. The van der Waals surface area contributed by atoms with E-state index in [1.54, 1.807) is 5.57 Å². The quantitative estimate of drug-likeness (QED) is 0.626. The highest BCUT2D eigenvalue weighted by Crippen LogP contribution is 2.67. The molecule has 1 N–H and O–H groups in total. The Morgan fingerprint density at radius 3 is 2.62 bits per heavy atom. The van der Waals surface area contributed by atoms with Crippen molar-refractivity contribution in [3.05, 3.63) is 12.2 Å². The van der Waals surface area contributed by atoms with Crippen molar-refractivity contribution in [2.45, 2.75) is 77.7 Å². The first-order valence-electron chi connectivity index (χ1n) is 9.31. The molecule has 0 aromatic carbocycles. The van der Waals surface area contributed by atoms with Gasteiger partial charge >= 0.3 is 0 Å². The van der Waals surface area contributed by atoms with E-state index in [0.29, 0.717) is 10.8 Å². The van der Waals surface area contributed by atoms with Crippen LogP contribution in [0.3, 0.4) is 0 Å². The topological polar surface area (TPSA) is 20.2 Å². The maximum atomic E-state index is 10.1. The van der Waals surface area contributed by atoms with Gasteiger partial charge in [0.05, 0.1) is 6.10 Å². The Kier molecular flexibility index (Phi) is 3.13. The van der Waals surface area contributed by atoms with Gasteiger partial charge in [-0.1, -0.05) is 26.0 Å². The van der Waals surface area contributed by atoms with Crippen LogP contribution < -0.4 is 0 Å². The average molecular weight is 288 g/mol. The van der Waals surface area contributed by atoms with Crippen molar-refractivity contribution in [2.75, 3.05) is 0 Å². The third-order valence-electron chi connectivity index (χ3n) is 8.59. The van der Waals surface area contributed by atoms with Crippen LogP contribution in [0.5, 0.6) is 0 Å². The largest absolute Gasteiger partial charge is 0.393 e. The number of hydrogen-bond acceptors (Lipinski definition) is 1. The SMILES string of the molecule is C=C1CC[C@H]2[C@@H]3CC[C@H]4C[C@@H](O)CC[C@]4(C)[C@H]3CC[C@]12C. The zero-order chi connectivity index (χ0) is 14.8. The van der Waals surface area contributed by atoms with Crippen molar-refractivity contribution in [1.29, 1.82) is 0 Å². The van der Waals surface area contributed by atoms with Gasteiger partial charge in [-0.3, -0.25) is 0 Å². The molecule has 7 atom stereocenters. The smallest absolute Gasteiger partial charge is 0.0543 e. The maximum absolute atomic E-state index is 10.1. The number of allylic oxidation sites excluding steroid dienone is 1. The van der Waals surface area contributed by atoms with Crippen molar-refractivity contribution in [3.8, 4) is 0 Å². The molecule has 0 aliphatic heterocycles. The molecule has 4 aliphatic rings. The molecule has 21 heavy (non-hydrogen) atoms. The summed E-state index contributed by atoms with van der Waals surface area (Å²) in [7, 11) is 0. The van der Waals surface area contributed by atoms with E-state index in [-0.39, 0.29) is 6.10 Å². The molecular formula is C20H32O. The van der Waals surface area contributed by atoms with Gasteiger partial charge in [0.15, 0.2) is 0 Å². The minimum absolute atomic E-state index is 0.0141. The Bertz CT molecular complexity index is 455. The zero-order valence-electron chi connectivity index (χ0n) is 13.9. The van der Waals surface area contributed by atoms with Crippen LogP contribution >= 0.6 is 0 Å². The van der Waals surface area contributed by atoms with Gasteiger partial charge in [0, 0.05) is 0 Å². The third-order valence-corrected chi connectivity index (χ3v) is 8.59. The predicted octanol–water partition coefficient (Wildman–Crippen LogP) is 4.95. The van der Waals surface area contributed by atoms with Gasteiger partial charge in [-0.05, 0) is 92.3 Å². The van der Waals surface area contributed by atoms with Gasteiger partial charge in [-0.25, -0.2) is 0 Å². The van der Waals surface area contributed by atoms with Crippen molar-refractivity contribution < 1.29 is 5.11 Å². The monoisotopic (exact) mass is 288 g/mol. The fourth-order valence-electron chi connectivity index (χ4n) is 7.14. The fourth-order valence-corrected chi connectivity index (χ4v) is 7.14. The summed E-state index contributed by atoms with van der Waals surface area (Å²) in [5.74, 6) is 3.57. The summed E-state index contributed by atoms with van der Waals surface area (Å²) in [4.78, 5) is 0. The number of hydrogen-bond donors (Lipinski definition) is 1. The van der Waals surface area contributed by atoms with Crippen molar-refractivity contribution >= 4 is 0 Å².